The number of benzene rings is 1. The molecular formula is C13H19N3O. The summed E-state index contributed by atoms with van der Waals surface area (Å²) in [7, 11) is 0. The van der Waals surface area contributed by atoms with Gasteiger partial charge in [0.1, 0.15) is 0 Å². The van der Waals surface area contributed by atoms with Gasteiger partial charge >= 0.3 is 0 Å². The van der Waals surface area contributed by atoms with Crippen molar-refractivity contribution in [2.75, 3.05) is 13.1 Å². The van der Waals surface area contributed by atoms with E-state index in [0.717, 1.165) is 13.0 Å². The third kappa shape index (κ3) is 2.84. The van der Waals surface area contributed by atoms with Gasteiger partial charge < -0.3 is 16.4 Å². The van der Waals surface area contributed by atoms with Crippen LogP contribution in [0.4, 0.5) is 0 Å². The van der Waals surface area contributed by atoms with Crippen LogP contribution in [0.15, 0.2) is 24.3 Å². The molecule has 0 aromatic heterocycles. The summed E-state index contributed by atoms with van der Waals surface area (Å²) >= 11 is 0. The number of nitrogens with two attached hydrogens (primary N) is 1. The van der Waals surface area contributed by atoms with Gasteiger partial charge in [-0.2, -0.15) is 0 Å². The summed E-state index contributed by atoms with van der Waals surface area (Å²) in [6.45, 7) is 2.95. The Hall–Kier alpha value is -1.39. The molecule has 92 valence electrons. The lowest BCUT2D eigenvalue weighted by atomic mass is 10.1. The van der Waals surface area contributed by atoms with Gasteiger partial charge in [0.15, 0.2) is 0 Å². The van der Waals surface area contributed by atoms with Crippen molar-refractivity contribution in [1.29, 1.82) is 0 Å². The third-order valence-corrected chi connectivity index (χ3v) is 3.15. The Morgan fingerprint density at radius 2 is 2.06 bits per heavy atom. The van der Waals surface area contributed by atoms with Gasteiger partial charge in [0.2, 0.25) is 5.91 Å². The number of hydrogen-bond acceptors (Lipinski definition) is 3. The Morgan fingerprint density at radius 1 is 1.35 bits per heavy atom. The van der Waals surface area contributed by atoms with Crippen molar-refractivity contribution in [3.05, 3.63) is 35.4 Å². The van der Waals surface area contributed by atoms with E-state index in [-0.39, 0.29) is 11.9 Å². The van der Waals surface area contributed by atoms with Gasteiger partial charge in [0.05, 0.1) is 0 Å². The summed E-state index contributed by atoms with van der Waals surface area (Å²) in [5.74, 6) is 0.00956. The van der Waals surface area contributed by atoms with Crippen molar-refractivity contribution in [3.63, 3.8) is 0 Å². The van der Waals surface area contributed by atoms with E-state index in [1.165, 1.54) is 18.1 Å². The number of fused-ring (bicyclic) bond motifs is 1. The second-order valence-electron chi connectivity index (χ2n) is 4.46. The summed E-state index contributed by atoms with van der Waals surface area (Å²) in [4.78, 5) is 10.7. The molecule has 0 spiro atoms. The molecule has 1 aromatic rings. The number of amides is 1. The summed E-state index contributed by atoms with van der Waals surface area (Å²) in [6, 6.07) is 8.73. The Morgan fingerprint density at radius 3 is 2.76 bits per heavy atom. The summed E-state index contributed by atoms with van der Waals surface area (Å²) in [5, 5.41) is 6.20. The maximum atomic E-state index is 10.7. The molecule has 17 heavy (non-hydrogen) atoms. The molecule has 0 aliphatic heterocycles. The summed E-state index contributed by atoms with van der Waals surface area (Å²) in [5.41, 5.74) is 8.61. The predicted molar refractivity (Wildman–Crippen MR) is 67.4 cm³/mol. The number of carbonyl (C=O) groups is 1. The first-order chi connectivity index (χ1) is 8.18. The average molecular weight is 233 g/mol. The molecule has 4 nitrogen and oxygen atoms in total. The lowest BCUT2D eigenvalue weighted by Gasteiger charge is -2.14. The second-order valence-corrected chi connectivity index (χ2v) is 4.46. The van der Waals surface area contributed by atoms with Gasteiger partial charge in [-0.1, -0.05) is 24.3 Å². The van der Waals surface area contributed by atoms with Gasteiger partial charge in [0.25, 0.3) is 0 Å². The normalized spacial score (nSPS) is 22.2. The van der Waals surface area contributed by atoms with Crippen LogP contribution >= 0.6 is 0 Å². The van der Waals surface area contributed by atoms with Gasteiger partial charge in [-0.15, -0.1) is 0 Å². The van der Waals surface area contributed by atoms with Crippen molar-refractivity contribution in [2.45, 2.75) is 25.4 Å². The monoisotopic (exact) mass is 233 g/mol. The zero-order valence-electron chi connectivity index (χ0n) is 10.1. The van der Waals surface area contributed by atoms with Crippen LogP contribution in [0.2, 0.25) is 0 Å². The molecule has 2 unspecified atom stereocenters. The van der Waals surface area contributed by atoms with Crippen LogP contribution in [0.1, 0.15) is 36.6 Å². The predicted octanol–water partition coefficient (Wildman–Crippen LogP) is 0.857. The van der Waals surface area contributed by atoms with Crippen molar-refractivity contribution < 1.29 is 4.79 Å². The van der Waals surface area contributed by atoms with Crippen molar-refractivity contribution in [2.24, 2.45) is 5.73 Å². The molecule has 0 radical (unpaired) electrons. The fourth-order valence-corrected chi connectivity index (χ4v) is 2.35. The van der Waals surface area contributed by atoms with Gasteiger partial charge in [-0.3, -0.25) is 4.79 Å². The quantitative estimate of drug-likeness (QED) is 0.676. The van der Waals surface area contributed by atoms with E-state index in [1.54, 1.807) is 0 Å². The molecule has 1 amide bonds. The SMILES string of the molecule is CC(=O)NCCNC1CC(N)c2ccccc21. The topological polar surface area (TPSA) is 67.2 Å². The number of carbonyl (C=O) groups excluding carboxylic acids is 1. The van der Waals surface area contributed by atoms with Gasteiger partial charge in [0, 0.05) is 32.1 Å². The Kier molecular flexibility index (Phi) is 3.76. The Bertz CT molecular complexity index is 405. The molecule has 0 fully saturated rings. The first kappa shape index (κ1) is 12.1. The highest BCUT2D eigenvalue weighted by Gasteiger charge is 2.27. The lowest BCUT2D eigenvalue weighted by molar-refractivity contribution is -0.118. The first-order valence-electron chi connectivity index (χ1n) is 6.00. The largest absolute Gasteiger partial charge is 0.355 e. The van der Waals surface area contributed by atoms with Crippen LogP contribution in [0.5, 0.6) is 0 Å². The third-order valence-electron chi connectivity index (χ3n) is 3.15. The van der Waals surface area contributed by atoms with Crippen LogP contribution in [0, 0.1) is 0 Å². The van der Waals surface area contributed by atoms with Crippen molar-refractivity contribution >= 4 is 5.91 Å². The molecule has 0 saturated carbocycles. The van der Waals surface area contributed by atoms with Crippen LogP contribution in [-0.2, 0) is 4.79 Å². The molecule has 1 aliphatic carbocycles. The van der Waals surface area contributed by atoms with Crippen LogP contribution in [0.25, 0.3) is 0 Å². The average Bonchev–Trinajstić information content (AvgIpc) is 2.63. The molecule has 0 saturated heterocycles. The maximum Gasteiger partial charge on any atom is 0.216 e. The van der Waals surface area contributed by atoms with Gasteiger partial charge in [-0.25, -0.2) is 0 Å². The highest BCUT2D eigenvalue weighted by Crippen LogP contribution is 2.36. The molecule has 0 heterocycles. The van der Waals surface area contributed by atoms with E-state index in [2.05, 4.69) is 22.8 Å². The minimum Gasteiger partial charge on any atom is -0.355 e. The second kappa shape index (κ2) is 5.29. The summed E-state index contributed by atoms with van der Waals surface area (Å²) in [6.07, 6.45) is 0.930. The molecule has 1 aromatic carbocycles. The molecule has 2 atom stereocenters. The van der Waals surface area contributed by atoms with E-state index in [9.17, 15) is 4.79 Å². The highest BCUT2D eigenvalue weighted by atomic mass is 16.1. The Balaban J connectivity index is 1.89. The maximum absolute atomic E-state index is 10.7. The number of nitrogens with one attached hydrogen (secondary N) is 2. The van der Waals surface area contributed by atoms with Crippen LogP contribution in [0.3, 0.4) is 0 Å². The lowest BCUT2D eigenvalue weighted by Crippen LogP contribution is -2.32. The minimum absolute atomic E-state index is 0.00956. The van der Waals surface area contributed by atoms with Gasteiger partial charge in [-0.05, 0) is 17.5 Å². The van der Waals surface area contributed by atoms with E-state index < -0.39 is 0 Å². The molecule has 2 rings (SSSR count). The summed E-state index contributed by atoms with van der Waals surface area (Å²) < 4.78 is 0. The smallest absolute Gasteiger partial charge is 0.216 e. The number of rotatable bonds is 4. The molecule has 4 heteroatoms. The van der Waals surface area contributed by atoms with Crippen molar-refractivity contribution in [3.8, 4) is 0 Å². The van der Waals surface area contributed by atoms with E-state index in [1.807, 2.05) is 12.1 Å². The fourth-order valence-electron chi connectivity index (χ4n) is 2.35. The van der Waals surface area contributed by atoms with E-state index in [0.29, 0.717) is 12.6 Å². The number of hydrogen-bond donors (Lipinski definition) is 3. The molecular weight excluding hydrogens is 214 g/mol. The molecule has 1 aliphatic rings. The molecule has 4 N–H and O–H groups in total. The standard InChI is InChI=1S/C13H19N3O/c1-9(17)15-6-7-16-13-8-12(14)10-4-2-3-5-11(10)13/h2-5,12-13,16H,6-8,14H2,1H3,(H,15,17). The van der Waals surface area contributed by atoms with E-state index >= 15 is 0 Å². The molecule has 0 bridgehead atoms. The highest BCUT2D eigenvalue weighted by molar-refractivity contribution is 5.72. The van der Waals surface area contributed by atoms with Crippen LogP contribution in [-0.4, -0.2) is 19.0 Å². The minimum atomic E-state index is 0.00956. The first-order valence-corrected chi connectivity index (χ1v) is 6.00. The Labute approximate surface area is 102 Å². The fraction of sp³-hybridized carbons (Fsp3) is 0.462. The van der Waals surface area contributed by atoms with Crippen LogP contribution < -0.4 is 16.4 Å². The van der Waals surface area contributed by atoms with Crippen molar-refractivity contribution in [1.82, 2.24) is 10.6 Å². The zero-order valence-corrected chi connectivity index (χ0v) is 10.1. The van der Waals surface area contributed by atoms with E-state index in [4.69, 9.17) is 5.73 Å². The zero-order chi connectivity index (χ0) is 12.3.